The number of thioether (sulfide) groups is 1. The fraction of sp³-hybridized carbons (Fsp3) is 0.0909. The SMILES string of the molecule is Cc1cc(C)cc(N=C2NC(=O)/C(=C\c3ccc(-c4cccc(Cl)c4Cl)o3)S2)c1. The van der Waals surface area contributed by atoms with E-state index in [4.69, 9.17) is 27.6 Å². The number of nitrogens with zero attached hydrogens (tertiary/aromatic N) is 1. The lowest BCUT2D eigenvalue weighted by molar-refractivity contribution is -0.115. The van der Waals surface area contributed by atoms with Crippen LogP contribution >= 0.6 is 35.0 Å². The molecule has 0 spiro atoms. The summed E-state index contributed by atoms with van der Waals surface area (Å²) in [6, 6.07) is 15.0. The molecule has 0 bridgehead atoms. The molecule has 29 heavy (non-hydrogen) atoms. The molecule has 146 valence electrons. The summed E-state index contributed by atoms with van der Waals surface area (Å²) >= 11 is 13.6. The molecule has 4 nitrogen and oxygen atoms in total. The highest BCUT2D eigenvalue weighted by molar-refractivity contribution is 8.18. The number of aliphatic imine (C=N–C) groups is 1. The first-order valence-electron chi connectivity index (χ1n) is 8.81. The van der Waals surface area contributed by atoms with Gasteiger partial charge in [0.05, 0.1) is 20.6 Å². The second-order valence-corrected chi connectivity index (χ2v) is 8.45. The Bertz CT molecular complexity index is 1160. The van der Waals surface area contributed by atoms with Gasteiger partial charge < -0.3 is 9.73 Å². The van der Waals surface area contributed by atoms with Gasteiger partial charge in [-0.2, -0.15) is 0 Å². The molecule has 0 saturated carbocycles. The number of hydrogen-bond acceptors (Lipinski definition) is 4. The molecule has 2 aromatic carbocycles. The standard InChI is InChI=1S/C22H16Cl2N2O2S/c1-12-8-13(2)10-14(9-12)25-22-26-21(27)19(29-22)11-15-6-7-18(28-15)16-4-3-5-17(23)20(16)24/h3-11H,1-2H3,(H,25,26,27)/b19-11+. The molecule has 1 amide bonds. The number of benzene rings is 2. The summed E-state index contributed by atoms with van der Waals surface area (Å²) in [5.74, 6) is 0.912. The zero-order chi connectivity index (χ0) is 20.5. The van der Waals surface area contributed by atoms with E-state index in [1.54, 1.807) is 30.3 Å². The second kappa shape index (κ2) is 8.11. The number of rotatable bonds is 3. The Kier molecular flexibility index (Phi) is 5.54. The summed E-state index contributed by atoms with van der Waals surface area (Å²) in [6.45, 7) is 4.03. The van der Waals surface area contributed by atoms with Gasteiger partial charge in [-0.3, -0.25) is 4.79 Å². The molecule has 1 aliphatic heterocycles. The van der Waals surface area contributed by atoms with Crippen LogP contribution < -0.4 is 5.32 Å². The van der Waals surface area contributed by atoms with Gasteiger partial charge in [-0.15, -0.1) is 0 Å². The van der Waals surface area contributed by atoms with Gasteiger partial charge in [0.1, 0.15) is 11.5 Å². The van der Waals surface area contributed by atoms with E-state index in [1.807, 2.05) is 32.0 Å². The van der Waals surface area contributed by atoms with Crippen molar-refractivity contribution in [3.8, 4) is 11.3 Å². The van der Waals surface area contributed by atoms with Crippen molar-refractivity contribution in [1.29, 1.82) is 0 Å². The minimum atomic E-state index is -0.211. The van der Waals surface area contributed by atoms with Crippen LogP contribution in [0.15, 0.2) is 62.8 Å². The molecule has 0 atom stereocenters. The number of hydrogen-bond donors (Lipinski definition) is 1. The summed E-state index contributed by atoms with van der Waals surface area (Å²) in [5.41, 5.74) is 3.75. The topological polar surface area (TPSA) is 54.6 Å². The fourth-order valence-electron chi connectivity index (χ4n) is 3.01. The molecular formula is C22H16Cl2N2O2S. The molecule has 3 aromatic rings. The van der Waals surface area contributed by atoms with Crippen LogP contribution in [0, 0.1) is 13.8 Å². The third kappa shape index (κ3) is 4.42. The van der Waals surface area contributed by atoms with Gasteiger partial charge in [-0.05, 0) is 73.1 Å². The molecule has 0 unspecified atom stereocenters. The lowest BCUT2D eigenvalue weighted by atomic mass is 10.1. The third-order valence-corrected chi connectivity index (χ3v) is 5.93. The normalized spacial score (nSPS) is 16.6. The zero-order valence-electron chi connectivity index (χ0n) is 15.6. The van der Waals surface area contributed by atoms with Crippen molar-refractivity contribution in [1.82, 2.24) is 5.32 Å². The average Bonchev–Trinajstić information content (AvgIpc) is 3.24. The van der Waals surface area contributed by atoms with Crippen molar-refractivity contribution in [3.63, 3.8) is 0 Å². The van der Waals surface area contributed by atoms with E-state index in [-0.39, 0.29) is 5.91 Å². The molecule has 0 aliphatic carbocycles. The molecule has 1 saturated heterocycles. The van der Waals surface area contributed by atoms with Crippen LogP contribution in [0.3, 0.4) is 0 Å². The number of carbonyl (C=O) groups is 1. The Morgan fingerprint density at radius 1 is 1.07 bits per heavy atom. The molecule has 1 fully saturated rings. The van der Waals surface area contributed by atoms with Crippen molar-refractivity contribution < 1.29 is 9.21 Å². The minimum absolute atomic E-state index is 0.211. The van der Waals surface area contributed by atoms with Crippen molar-refractivity contribution in [2.45, 2.75) is 13.8 Å². The van der Waals surface area contributed by atoms with E-state index in [0.717, 1.165) is 16.8 Å². The highest BCUT2D eigenvalue weighted by Crippen LogP contribution is 2.35. The van der Waals surface area contributed by atoms with E-state index in [2.05, 4.69) is 16.4 Å². The van der Waals surface area contributed by atoms with Crippen molar-refractivity contribution in [3.05, 3.63) is 80.4 Å². The van der Waals surface area contributed by atoms with Crippen molar-refractivity contribution in [2.75, 3.05) is 0 Å². The number of aryl methyl sites for hydroxylation is 2. The molecule has 1 N–H and O–H groups in total. The molecule has 2 heterocycles. The van der Waals surface area contributed by atoms with E-state index in [0.29, 0.717) is 37.2 Å². The Labute approximate surface area is 182 Å². The first-order valence-corrected chi connectivity index (χ1v) is 10.4. The van der Waals surface area contributed by atoms with Gasteiger partial charge in [0.25, 0.3) is 5.91 Å². The van der Waals surface area contributed by atoms with E-state index in [1.165, 1.54) is 11.8 Å². The number of halogens is 2. The molecular weight excluding hydrogens is 427 g/mol. The van der Waals surface area contributed by atoms with Crippen LogP contribution in [0.25, 0.3) is 17.4 Å². The third-order valence-electron chi connectivity index (χ3n) is 4.21. The number of amidine groups is 1. The Morgan fingerprint density at radius 3 is 2.59 bits per heavy atom. The van der Waals surface area contributed by atoms with Crippen molar-refractivity contribution in [2.24, 2.45) is 4.99 Å². The molecule has 7 heteroatoms. The second-order valence-electron chi connectivity index (χ2n) is 6.63. The maximum Gasteiger partial charge on any atom is 0.264 e. The minimum Gasteiger partial charge on any atom is -0.457 e. The Balaban J connectivity index is 1.58. The smallest absolute Gasteiger partial charge is 0.264 e. The summed E-state index contributed by atoms with van der Waals surface area (Å²) in [5, 5.41) is 4.22. The Morgan fingerprint density at radius 2 is 1.83 bits per heavy atom. The monoisotopic (exact) mass is 442 g/mol. The summed E-state index contributed by atoms with van der Waals surface area (Å²) in [6.07, 6.45) is 1.69. The number of amides is 1. The van der Waals surface area contributed by atoms with Crippen LogP contribution in [0.1, 0.15) is 16.9 Å². The summed E-state index contributed by atoms with van der Waals surface area (Å²) in [7, 11) is 0. The lowest BCUT2D eigenvalue weighted by Gasteiger charge is -2.02. The largest absolute Gasteiger partial charge is 0.457 e. The van der Waals surface area contributed by atoms with Crippen LogP contribution in [-0.4, -0.2) is 11.1 Å². The van der Waals surface area contributed by atoms with Crippen LogP contribution in [0.5, 0.6) is 0 Å². The van der Waals surface area contributed by atoms with Crippen LogP contribution in [-0.2, 0) is 4.79 Å². The first kappa shape index (κ1) is 19.8. The Hall–Kier alpha value is -2.47. The van der Waals surface area contributed by atoms with E-state index in [9.17, 15) is 4.79 Å². The van der Waals surface area contributed by atoms with Crippen LogP contribution in [0.2, 0.25) is 10.0 Å². The van der Waals surface area contributed by atoms with Gasteiger partial charge >= 0.3 is 0 Å². The predicted octanol–water partition coefficient (Wildman–Crippen LogP) is 6.76. The van der Waals surface area contributed by atoms with E-state index < -0.39 is 0 Å². The number of carbonyl (C=O) groups excluding carboxylic acids is 1. The van der Waals surface area contributed by atoms with Gasteiger partial charge in [0, 0.05) is 11.6 Å². The highest BCUT2D eigenvalue weighted by atomic mass is 35.5. The van der Waals surface area contributed by atoms with Gasteiger partial charge in [0.2, 0.25) is 0 Å². The lowest BCUT2D eigenvalue weighted by Crippen LogP contribution is -2.19. The number of nitrogens with one attached hydrogen (secondary N) is 1. The fourth-order valence-corrected chi connectivity index (χ4v) is 4.23. The van der Waals surface area contributed by atoms with Gasteiger partial charge in [-0.1, -0.05) is 35.3 Å². The summed E-state index contributed by atoms with van der Waals surface area (Å²) in [4.78, 5) is 17.4. The van der Waals surface area contributed by atoms with Gasteiger partial charge in [0.15, 0.2) is 5.17 Å². The van der Waals surface area contributed by atoms with Crippen molar-refractivity contribution >= 4 is 57.8 Å². The zero-order valence-corrected chi connectivity index (χ0v) is 18.0. The summed E-state index contributed by atoms with van der Waals surface area (Å²) < 4.78 is 5.85. The molecule has 1 aliphatic rings. The van der Waals surface area contributed by atoms with Gasteiger partial charge in [-0.25, -0.2) is 4.99 Å². The molecule has 1 aromatic heterocycles. The first-order chi connectivity index (χ1) is 13.9. The van der Waals surface area contributed by atoms with Crippen LogP contribution in [0.4, 0.5) is 5.69 Å². The predicted molar refractivity (Wildman–Crippen MR) is 121 cm³/mol. The maximum absolute atomic E-state index is 12.3. The maximum atomic E-state index is 12.3. The quantitative estimate of drug-likeness (QED) is 0.455. The van der Waals surface area contributed by atoms with E-state index >= 15 is 0 Å². The average molecular weight is 443 g/mol. The molecule has 0 radical (unpaired) electrons. The highest BCUT2D eigenvalue weighted by Gasteiger charge is 2.24. The number of furan rings is 1. The molecule has 4 rings (SSSR count).